The van der Waals surface area contributed by atoms with Gasteiger partial charge in [0.05, 0.1) is 5.41 Å². The van der Waals surface area contributed by atoms with Crippen LogP contribution < -0.4 is 10.6 Å². The van der Waals surface area contributed by atoms with Crippen molar-refractivity contribution < 1.29 is 4.79 Å². The molecular weight excluding hydrogens is 256 g/mol. The first-order chi connectivity index (χ1) is 9.20. The van der Waals surface area contributed by atoms with Gasteiger partial charge in [-0.05, 0) is 50.8 Å². The molecule has 2 aliphatic rings. The highest BCUT2D eigenvalue weighted by molar-refractivity contribution is 7.99. The number of amides is 1. The van der Waals surface area contributed by atoms with E-state index >= 15 is 0 Å². The zero-order valence-electron chi connectivity index (χ0n) is 12.3. The topological polar surface area (TPSA) is 41.1 Å². The Morgan fingerprint density at radius 3 is 2.89 bits per heavy atom. The number of piperidine rings is 1. The number of carbonyl (C=O) groups excluding carboxylic acids is 1. The summed E-state index contributed by atoms with van der Waals surface area (Å²) in [6, 6.07) is 0.418. The number of carbonyl (C=O) groups is 1. The normalized spacial score (nSPS) is 35.3. The third-order valence-electron chi connectivity index (χ3n) is 4.75. The van der Waals surface area contributed by atoms with Crippen LogP contribution in [0.5, 0.6) is 0 Å². The Morgan fingerprint density at radius 2 is 2.26 bits per heavy atom. The molecule has 0 aromatic rings. The maximum absolute atomic E-state index is 12.6. The van der Waals surface area contributed by atoms with Crippen LogP contribution in [0, 0.1) is 5.41 Å². The summed E-state index contributed by atoms with van der Waals surface area (Å²) in [6.45, 7) is 6.29. The smallest absolute Gasteiger partial charge is 0.227 e. The molecule has 1 aliphatic carbocycles. The minimum Gasteiger partial charge on any atom is -0.353 e. The fraction of sp³-hybridized carbons (Fsp3) is 0.933. The lowest BCUT2D eigenvalue weighted by Crippen LogP contribution is -2.52. The van der Waals surface area contributed by atoms with E-state index in [0.717, 1.165) is 50.4 Å². The van der Waals surface area contributed by atoms with E-state index in [1.54, 1.807) is 0 Å². The average Bonchev–Trinajstić information content (AvgIpc) is 2.87. The van der Waals surface area contributed by atoms with Gasteiger partial charge in [-0.1, -0.05) is 13.8 Å². The molecule has 3 unspecified atom stereocenters. The predicted molar refractivity (Wildman–Crippen MR) is 82.5 cm³/mol. The number of hydrogen-bond donors (Lipinski definition) is 2. The van der Waals surface area contributed by atoms with Crippen LogP contribution in [0.25, 0.3) is 0 Å². The summed E-state index contributed by atoms with van der Waals surface area (Å²) in [5.74, 6) is 1.49. The lowest BCUT2D eigenvalue weighted by Gasteiger charge is -2.36. The highest BCUT2D eigenvalue weighted by atomic mass is 32.2. The Morgan fingerprint density at radius 1 is 1.42 bits per heavy atom. The molecule has 110 valence electrons. The van der Waals surface area contributed by atoms with Crippen molar-refractivity contribution in [1.29, 1.82) is 0 Å². The van der Waals surface area contributed by atoms with Gasteiger partial charge in [0.2, 0.25) is 5.91 Å². The molecule has 1 amide bonds. The summed E-state index contributed by atoms with van der Waals surface area (Å²) in [5, 5.41) is 7.49. The predicted octanol–water partition coefficient (Wildman–Crippen LogP) is 2.56. The van der Waals surface area contributed by atoms with Gasteiger partial charge in [-0.25, -0.2) is 0 Å². The third-order valence-corrected chi connectivity index (χ3v) is 5.99. The van der Waals surface area contributed by atoms with E-state index < -0.39 is 0 Å². The Labute approximate surface area is 121 Å². The van der Waals surface area contributed by atoms with Crippen molar-refractivity contribution in [2.45, 2.75) is 63.7 Å². The van der Waals surface area contributed by atoms with Crippen LogP contribution >= 0.6 is 11.8 Å². The van der Waals surface area contributed by atoms with E-state index in [-0.39, 0.29) is 5.41 Å². The van der Waals surface area contributed by atoms with Gasteiger partial charge in [0.1, 0.15) is 0 Å². The first-order valence-electron chi connectivity index (χ1n) is 7.83. The number of hydrogen-bond acceptors (Lipinski definition) is 3. The molecule has 4 heteroatoms. The second kappa shape index (κ2) is 6.98. The molecule has 0 bridgehead atoms. The highest BCUT2D eigenvalue weighted by Gasteiger charge is 2.39. The quantitative estimate of drug-likeness (QED) is 0.815. The summed E-state index contributed by atoms with van der Waals surface area (Å²) >= 11 is 2.05. The van der Waals surface area contributed by atoms with Gasteiger partial charge in [-0.15, -0.1) is 0 Å². The van der Waals surface area contributed by atoms with Gasteiger partial charge in [0, 0.05) is 17.8 Å². The molecule has 2 N–H and O–H groups in total. The second-order valence-electron chi connectivity index (χ2n) is 5.98. The summed E-state index contributed by atoms with van der Waals surface area (Å²) in [6.07, 6.45) is 6.71. The third kappa shape index (κ3) is 3.66. The first kappa shape index (κ1) is 15.2. The Kier molecular flexibility index (Phi) is 5.58. The number of rotatable bonds is 5. The van der Waals surface area contributed by atoms with Crippen molar-refractivity contribution in [3.63, 3.8) is 0 Å². The SMILES string of the molecule is CCSC1CCC(NC(=O)C2(CC)CCCNC2)C1. The van der Waals surface area contributed by atoms with E-state index in [1.165, 1.54) is 12.2 Å². The van der Waals surface area contributed by atoms with Crippen LogP contribution in [-0.4, -0.2) is 36.0 Å². The molecule has 1 aliphatic heterocycles. The summed E-state index contributed by atoms with van der Waals surface area (Å²) in [5.41, 5.74) is -0.145. The number of thioether (sulfide) groups is 1. The molecule has 2 rings (SSSR count). The minimum atomic E-state index is -0.145. The van der Waals surface area contributed by atoms with Gasteiger partial charge in [-0.2, -0.15) is 11.8 Å². The second-order valence-corrected chi connectivity index (χ2v) is 7.55. The molecular formula is C15H28N2OS. The van der Waals surface area contributed by atoms with Crippen molar-refractivity contribution >= 4 is 17.7 Å². The van der Waals surface area contributed by atoms with Crippen molar-refractivity contribution in [1.82, 2.24) is 10.6 Å². The van der Waals surface area contributed by atoms with Gasteiger partial charge in [-0.3, -0.25) is 4.79 Å². The Balaban J connectivity index is 1.86. The lowest BCUT2D eigenvalue weighted by atomic mass is 9.77. The molecule has 0 radical (unpaired) electrons. The van der Waals surface area contributed by atoms with E-state index in [2.05, 4.69) is 24.5 Å². The zero-order chi connectivity index (χ0) is 13.7. The first-order valence-corrected chi connectivity index (χ1v) is 8.88. The van der Waals surface area contributed by atoms with Gasteiger partial charge < -0.3 is 10.6 Å². The zero-order valence-corrected chi connectivity index (χ0v) is 13.2. The minimum absolute atomic E-state index is 0.145. The monoisotopic (exact) mass is 284 g/mol. The van der Waals surface area contributed by atoms with Crippen LogP contribution in [0.4, 0.5) is 0 Å². The summed E-state index contributed by atoms with van der Waals surface area (Å²) < 4.78 is 0. The molecule has 1 heterocycles. The van der Waals surface area contributed by atoms with Crippen LogP contribution in [0.3, 0.4) is 0 Å². The molecule has 0 spiro atoms. The molecule has 2 fully saturated rings. The standard InChI is InChI=1S/C15H28N2OS/c1-3-15(8-5-9-16-11-15)14(18)17-12-6-7-13(10-12)19-4-2/h12-13,16H,3-11H2,1-2H3,(H,17,18). The molecule has 0 aromatic heterocycles. The van der Waals surface area contributed by atoms with Crippen molar-refractivity contribution in [3.05, 3.63) is 0 Å². The van der Waals surface area contributed by atoms with Crippen LogP contribution in [0.1, 0.15) is 52.4 Å². The maximum Gasteiger partial charge on any atom is 0.227 e. The molecule has 3 nitrogen and oxygen atoms in total. The number of nitrogens with one attached hydrogen (secondary N) is 2. The lowest BCUT2D eigenvalue weighted by molar-refractivity contribution is -0.133. The highest BCUT2D eigenvalue weighted by Crippen LogP contribution is 2.33. The summed E-state index contributed by atoms with van der Waals surface area (Å²) in [7, 11) is 0. The van der Waals surface area contributed by atoms with Crippen LogP contribution in [0.15, 0.2) is 0 Å². The Hall–Kier alpha value is -0.220. The van der Waals surface area contributed by atoms with Crippen molar-refractivity contribution in [2.24, 2.45) is 5.41 Å². The van der Waals surface area contributed by atoms with Crippen molar-refractivity contribution in [2.75, 3.05) is 18.8 Å². The maximum atomic E-state index is 12.6. The molecule has 1 saturated carbocycles. The van der Waals surface area contributed by atoms with Crippen LogP contribution in [0.2, 0.25) is 0 Å². The van der Waals surface area contributed by atoms with Gasteiger partial charge in [0.25, 0.3) is 0 Å². The van der Waals surface area contributed by atoms with Gasteiger partial charge >= 0.3 is 0 Å². The largest absolute Gasteiger partial charge is 0.353 e. The molecule has 1 saturated heterocycles. The Bertz CT molecular complexity index is 303. The molecule has 0 aromatic carbocycles. The van der Waals surface area contributed by atoms with Crippen molar-refractivity contribution in [3.8, 4) is 0 Å². The van der Waals surface area contributed by atoms with E-state index in [9.17, 15) is 4.79 Å². The molecule has 19 heavy (non-hydrogen) atoms. The van der Waals surface area contributed by atoms with E-state index in [1.807, 2.05) is 11.8 Å². The molecule has 3 atom stereocenters. The van der Waals surface area contributed by atoms with Gasteiger partial charge in [0.15, 0.2) is 0 Å². The van der Waals surface area contributed by atoms with E-state index in [4.69, 9.17) is 0 Å². The summed E-state index contributed by atoms with van der Waals surface area (Å²) in [4.78, 5) is 12.6. The fourth-order valence-corrected chi connectivity index (χ4v) is 4.56. The van der Waals surface area contributed by atoms with E-state index in [0.29, 0.717) is 11.9 Å². The van der Waals surface area contributed by atoms with Crippen LogP contribution in [-0.2, 0) is 4.79 Å². The average molecular weight is 284 g/mol. The fourth-order valence-electron chi connectivity index (χ4n) is 3.42.